The molecule has 0 heterocycles. The van der Waals surface area contributed by atoms with E-state index in [1.54, 1.807) is 14.2 Å². The topological polar surface area (TPSA) is 75.8 Å². The Morgan fingerprint density at radius 3 is 2.50 bits per heavy atom. The number of hydrogen-bond donors (Lipinski definition) is 2. The number of quaternary nitrogens is 1. The summed E-state index contributed by atoms with van der Waals surface area (Å²) in [5.74, 6) is 1.31. The van der Waals surface area contributed by atoms with Crippen LogP contribution in [0.2, 0.25) is 0 Å². The molecular weight excluding hydrogens is 330 g/mol. The predicted octanol–water partition coefficient (Wildman–Crippen LogP) is 1.42. The fraction of sp³-hybridized carbons (Fsp3) is 0.300. The van der Waals surface area contributed by atoms with Crippen molar-refractivity contribution in [1.29, 1.82) is 5.26 Å². The Morgan fingerprint density at radius 1 is 1.15 bits per heavy atom. The summed E-state index contributed by atoms with van der Waals surface area (Å²) in [6.07, 6.45) is 0.365. The normalized spacial score (nSPS) is 11.3. The maximum atomic E-state index is 12.3. The lowest BCUT2D eigenvalue weighted by Gasteiger charge is -2.17. The number of benzene rings is 2. The molecule has 0 aliphatic rings. The van der Waals surface area contributed by atoms with Gasteiger partial charge in [-0.1, -0.05) is 18.2 Å². The monoisotopic (exact) mass is 354 g/mol. The first kappa shape index (κ1) is 19.3. The largest absolute Gasteiger partial charge is 0.493 e. The molecule has 0 spiro atoms. The van der Waals surface area contributed by atoms with Gasteiger partial charge < -0.3 is 19.7 Å². The second kappa shape index (κ2) is 9.44. The highest BCUT2D eigenvalue weighted by molar-refractivity contribution is 5.91. The number of para-hydroxylation sites is 1. The Balaban J connectivity index is 1.94. The van der Waals surface area contributed by atoms with Crippen LogP contribution < -0.4 is 19.7 Å². The summed E-state index contributed by atoms with van der Waals surface area (Å²) in [5.41, 5.74) is 2.64. The van der Waals surface area contributed by atoms with Crippen LogP contribution in [0.25, 0.3) is 0 Å². The van der Waals surface area contributed by atoms with E-state index < -0.39 is 0 Å². The zero-order valence-corrected chi connectivity index (χ0v) is 15.3. The number of nitrogens with one attached hydrogen (secondary N) is 2. The molecule has 26 heavy (non-hydrogen) atoms. The van der Waals surface area contributed by atoms with Crippen molar-refractivity contribution in [3.63, 3.8) is 0 Å². The predicted molar refractivity (Wildman–Crippen MR) is 99.4 cm³/mol. The van der Waals surface area contributed by atoms with Crippen LogP contribution in [0.4, 0.5) is 5.69 Å². The van der Waals surface area contributed by atoms with Crippen molar-refractivity contribution < 1.29 is 19.2 Å². The Kier molecular flexibility index (Phi) is 7.01. The molecule has 0 aliphatic heterocycles. The van der Waals surface area contributed by atoms with Crippen LogP contribution in [0, 0.1) is 11.3 Å². The molecule has 0 aromatic heterocycles. The third kappa shape index (κ3) is 5.23. The minimum Gasteiger partial charge on any atom is -0.493 e. The van der Waals surface area contributed by atoms with Gasteiger partial charge in [-0.05, 0) is 29.8 Å². The molecule has 0 fully saturated rings. The summed E-state index contributed by atoms with van der Waals surface area (Å²) in [5, 5.41) is 11.6. The van der Waals surface area contributed by atoms with E-state index in [2.05, 4.69) is 11.4 Å². The van der Waals surface area contributed by atoms with Crippen molar-refractivity contribution in [2.75, 3.05) is 33.1 Å². The van der Waals surface area contributed by atoms with E-state index >= 15 is 0 Å². The van der Waals surface area contributed by atoms with Crippen LogP contribution in [-0.2, 0) is 17.8 Å². The number of nitriles is 1. The van der Waals surface area contributed by atoms with Crippen LogP contribution in [0.5, 0.6) is 11.5 Å². The molecule has 2 N–H and O–H groups in total. The summed E-state index contributed by atoms with van der Waals surface area (Å²) in [4.78, 5) is 13.3. The minimum absolute atomic E-state index is 0.0719. The van der Waals surface area contributed by atoms with Gasteiger partial charge >= 0.3 is 0 Å². The summed E-state index contributed by atoms with van der Waals surface area (Å²) in [6, 6.07) is 15.1. The highest BCUT2D eigenvalue weighted by Crippen LogP contribution is 2.29. The second-order valence-corrected chi connectivity index (χ2v) is 6.04. The lowest BCUT2D eigenvalue weighted by Crippen LogP contribution is -3.08. The van der Waals surface area contributed by atoms with E-state index in [0.717, 1.165) is 21.7 Å². The Labute approximate surface area is 153 Å². The molecule has 0 saturated carbocycles. The number of anilines is 1. The van der Waals surface area contributed by atoms with Crippen molar-refractivity contribution in [2.45, 2.75) is 13.0 Å². The number of rotatable bonds is 8. The molecule has 2 rings (SSSR count). The van der Waals surface area contributed by atoms with Crippen molar-refractivity contribution in [3.8, 4) is 17.6 Å². The van der Waals surface area contributed by atoms with Gasteiger partial charge in [-0.15, -0.1) is 0 Å². The van der Waals surface area contributed by atoms with Crippen LogP contribution in [-0.4, -0.2) is 33.7 Å². The summed E-state index contributed by atoms with van der Waals surface area (Å²) in [7, 11) is 5.17. The average molecular weight is 354 g/mol. The van der Waals surface area contributed by atoms with Crippen LogP contribution in [0.15, 0.2) is 42.5 Å². The fourth-order valence-electron chi connectivity index (χ4n) is 2.76. The first-order chi connectivity index (χ1) is 12.6. The molecule has 0 bridgehead atoms. The maximum absolute atomic E-state index is 12.3. The zero-order valence-electron chi connectivity index (χ0n) is 15.3. The Morgan fingerprint density at radius 2 is 1.88 bits per heavy atom. The number of hydrogen-bond acceptors (Lipinski definition) is 4. The van der Waals surface area contributed by atoms with Gasteiger partial charge in [0, 0.05) is 5.69 Å². The van der Waals surface area contributed by atoms with Gasteiger partial charge in [0.25, 0.3) is 5.91 Å². The highest BCUT2D eigenvalue weighted by Gasteiger charge is 2.16. The number of nitrogens with zero attached hydrogens (tertiary/aromatic N) is 1. The van der Waals surface area contributed by atoms with Crippen molar-refractivity contribution >= 4 is 11.6 Å². The number of likely N-dealkylation sites (N-methyl/N-ethyl adjacent to an activating group) is 1. The first-order valence-electron chi connectivity index (χ1n) is 8.34. The third-order valence-corrected chi connectivity index (χ3v) is 3.96. The van der Waals surface area contributed by atoms with Crippen molar-refractivity contribution in [1.82, 2.24) is 0 Å². The molecule has 6 nitrogen and oxygen atoms in total. The SMILES string of the molecule is COc1cccc(C[NH+](C)CC(=O)Nc2ccc(CC#N)cc2)c1OC. The van der Waals surface area contributed by atoms with Gasteiger partial charge in [-0.25, -0.2) is 0 Å². The molecule has 136 valence electrons. The average Bonchev–Trinajstić information content (AvgIpc) is 2.63. The smallest absolute Gasteiger partial charge is 0.279 e. The summed E-state index contributed by atoms with van der Waals surface area (Å²) in [6.45, 7) is 0.954. The van der Waals surface area contributed by atoms with Gasteiger partial charge in [0.15, 0.2) is 18.0 Å². The van der Waals surface area contributed by atoms with E-state index in [1.807, 2.05) is 49.5 Å². The standard InChI is InChI=1S/C20H23N3O3/c1-23(13-16-5-4-6-18(25-2)20(16)26-3)14-19(24)22-17-9-7-15(8-10-17)11-12-21/h4-10H,11,13-14H2,1-3H3,(H,22,24)/p+1. The number of amides is 1. The molecule has 0 aliphatic carbocycles. The fourth-order valence-corrected chi connectivity index (χ4v) is 2.76. The first-order valence-corrected chi connectivity index (χ1v) is 8.34. The van der Waals surface area contributed by atoms with E-state index in [4.69, 9.17) is 14.7 Å². The van der Waals surface area contributed by atoms with E-state index in [1.165, 1.54) is 0 Å². The maximum Gasteiger partial charge on any atom is 0.279 e. The molecule has 1 atom stereocenters. The summed E-state index contributed by atoms with van der Waals surface area (Å²) >= 11 is 0. The van der Waals surface area contributed by atoms with Gasteiger partial charge in [0.2, 0.25) is 0 Å². The quantitative estimate of drug-likeness (QED) is 0.752. The number of methoxy groups -OCH3 is 2. The van der Waals surface area contributed by atoms with E-state index in [-0.39, 0.29) is 5.91 Å². The molecule has 2 aromatic rings. The number of carbonyl (C=O) groups is 1. The number of carbonyl (C=O) groups excluding carboxylic acids is 1. The molecule has 2 aromatic carbocycles. The van der Waals surface area contributed by atoms with Crippen LogP contribution in [0.3, 0.4) is 0 Å². The zero-order chi connectivity index (χ0) is 18.9. The molecular formula is C20H24N3O3+. The summed E-state index contributed by atoms with van der Waals surface area (Å²) < 4.78 is 10.7. The minimum atomic E-state index is -0.0719. The van der Waals surface area contributed by atoms with Crippen LogP contribution >= 0.6 is 0 Å². The van der Waals surface area contributed by atoms with Gasteiger partial charge in [0.1, 0.15) is 6.54 Å². The molecule has 6 heteroatoms. The molecule has 0 saturated heterocycles. The second-order valence-electron chi connectivity index (χ2n) is 6.04. The van der Waals surface area contributed by atoms with E-state index in [0.29, 0.717) is 31.0 Å². The van der Waals surface area contributed by atoms with Gasteiger partial charge in [-0.3, -0.25) is 4.79 Å². The van der Waals surface area contributed by atoms with Crippen molar-refractivity contribution in [2.24, 2.45) is 0 Å². The molecule has 1 unspecified atom stereocenters. The highest BCUT2D eigenvalue weighted by atomic mass is 16.5. The van der Waals surface area contributed by atoms with Gasteiger partial charge in [0.05, 0.1) is 39.3 Å². The molecule has 1 amide bonds. The number of ether oxygens (including phenoxy) is 2. The third-order valence-electron chi connectivity index (χ3n) is 3.96. The Hall–Kier alpha value is -3.04. The van der Waals surface area contributed by atoms with Crippen LogP contribution in [0.1, 0.15) is 11.1 Å². The van der Waals surface area contributed by atoms with Gasteiger partial charge in [-0.2, -0.15) is 5.26 Å². The Bertz CT molecular complexity index is 782. The lowest BCUT2D eigenvalue weighted by molar-refractivity contribution is -0.885. The molecule has 0 radical (unpaired) electrons. The van der Waals surface area contributed by atoms with Crippen molar-refractivity contribution in [3.05, 3.63) is 53.6 Å². The van der Waals surface area contributed by atoms with E-state index in [9.17, 15) is 4.79 Å². The lowest BCUT2D eigenvalue weighted by atomic mass is 10.1.